The van der Waals surface area contributed by atoms with Crippen molar-refractivity contribution >= 4 is 0 Å². The molecule has 0 aromatic heterocycles. The SMILES string of the molecule is CCOc1c(OC)[c]c(OC)c(OCC)c1OCC. The van der Waals surface area contributed by atoms with Crippen LogP contribution in [0.15, 0.2) is 0 Å². The average Bonchev–Trinajstić information content (AvgIpc) is 2.43. The highest BCUT2D eigenvalue weighted by molar-refractivity contribution is 5.65. The van der Waals surface area contributed by atoms with Gasteiger partial charge in [0, 0.05) is 0 Å². The van der Waals surface area contributed by atoms with E-state index in [1.54, 1.807) is 14.2 Å². The van der Waals surface area contributed by atoms with Gasteiger partial charge in [-0.3, -0.25) is 0 Å². The van der Waals surface area contributed by atoms with Crippen molar-refractivity contribution < 1.29 is 23.7 Å². The van der Waals surface area contributed by atoms with Crippen LogP contribution in [0, 0.1) is 6.07 Å². The maximum Gasteiger partial charge on any atom is 0.211 e. The third-order valence-corrected chi connectivity index (χ3v) is 2.33. The van der Waals surface area contributed by atoms with Crippen molar-refractivity contribution in [2.45, 2.75) is 20.8 Å². The molecule has 5 heteroatoms. The second-order valence-corrected chi connectivity index (χ2v) is 3.48. The minimum Gasteiger partial charge on any atom is -0.492 e. The van der Waals surface area contributed by atoms with E-state index in [1.807, 2.05) is 20.8 Å². The molecular formula is C14H21O5. The maximum absolute atomic E-state index is 5.63. The van der Waals surface area contributed by atoms with Crippen molar-refractivity contribution in [1.82, 2.24) is 0 Å². The standard InChI is InChI=1S/C14H21O5/c1-6-17-12-10(15-4)9-11(16-5)13(18-7-2)14(12)19-8-3/h6-8H2,1-5H3. The molecule has 0 fully saturated rings. The summed E-state index contributed by atoms with van der Waals surface area (Å²) in [6, 6.07) is 2.97. The summed E-state index contributed by atoms with van der Waals surface area (Å²) < 4.78 is 27.3. The largest absolute Gasteiger partial charge is 0.492 e. The summed E-state index contributed by atoms with van der Waals surface area (Å²) in [4.78, 5) is 0. The Bertz CT molecular complexity index is 371. The highest BCUT2D eigenvalue weighted by atomic mass is 16.6. The van der Waals surface area contributed by atoms with Gasteiger partial charge in [-0.05, 0) is 20.8 Å². The summed E-state index contributed by atoms with van der Waals surface area (Å²) in [5.41, 5.74) is 0. The van der Waals surface area contributed by atoms with Crippen molar-refractivity contribution in [2.24, 2.45) is 0 Å². The summed E-state index contributed by atoms with van der Waals surface area (Å²) in [6.45, 7) is 7.13. The minimum absolute atomic E-state index is 0.436. The van der Waals surface area contributed by atoms with E-state index in [-0.39, 0.29) is 0 Å². The van der Waals surface area contributed by atoms with Crippen LogP contribution in [0.4, 0.5) is 0 Å². The molecule has 1 aromatic rings. The number of ether oxygens (including phenoxy) is 5. The van der Waals surface area contributed by atoms with Gasteiger partial charge in [0.25, 0.3) is 0 Å². The van der Waals surface area contributed by atoms with Gasteiger partial charge in [0.1, 0.15) is 0 Å². The summed E-state index contributed by atoms with van der Waals surface area (Å²) >= 11 is 0. The van der Waals surface area contributed by atoms with Gasteiger partial charge in [0.15, 0.2) is 11.5 Å². The topological polar surface area (TPSA) is 46.2 Å². The second kappa shape index (κ2) is 7.61. The Morgan fingerprint density at radius 2 is 1.05 bits per heavy atom. The zero-order chi connectivity index (χ0) is 14.3. The van der Waals surface area contributed by atoms with Gasteiger partial charge in [-0.25, -0.2) is 0 Å². The van der Waals surface area contributed by atoms with E-state index in [9.17, 15) is 0 Å². The number of hydrogen-bond acceptors (Lipinski definition) is 5. The Balaban J connectivity index is 3.43. The lowest BCUT2D eigenvalue weighted by Gasteiger charge is -2.19. The van der Waals surface area contributed by atoms with Crippen LogP contribution >= 0.6 is 0 Å². The molecular weight excluding hydrogens is 248 g/mol. The highest BCUT2D eigenvalue weighted by Gasteiger charge is 2.23. The lowest BCUT2D eigenvalue weighted by molar-refractivity contribution is 0.241. The van der Waals surface area contributed by atoms with Crippen molar-refractivity contribution in [1.29, 1.82) is 0 Å². The van der Waals surface area contributed by atoms with Crippen LogP contribution in [0.5, 0.6) is 28.7 Å². The maximum atomic E-state index is 5.63. The Labute approximate surface area is 114 Å². The van der Waals surface area contributed by atoms with Gasteiger partial charge < -0.3 is 23.7 Å². The van der Waals surface area contributed by atoms with Crippen LogP contribution < -0.4 is 23.7 Å². The predicted molar refractivity (Wildman–Crippen MR) is 71.9 cm³/mol. The molecule has 0 saturated carbocycles. The lowest BCUT2D eigenvalue weighted by Crippen LogP contribution is -2.05. The van der Waals surface area contributed by atoms with Gasteiger partial charge in [-0.15, -0.1) is 0 Å². The van der Waals surface area contributed by atoms with E-state index >= 15 is 0 Å². The molecule has 0 spiro atoms. The third kappa shape index (κ3) is 3.36. The molecule has 0 unspecified atom stereocenters. The normalized spacial score (nSPS) is 9.95. The summed E-state index contributed by atoms with van der Waals surface area (Å²) in [6.07, 6.45) is 0. The zero-order valence-electron chi connectivity index (χ0n) is 12.2. The Hall–Kier alpha value is -1.78. The van der Waals surface area contributed by atoms with Crippen molar-refractivity contribution in [3.63, 3.8) is 0 Å². The van der Waals surface area contributed by atoms with E-state index in [2.05, 4.69) is 6.07 Å². The molecule has 0 heterocycles. The molecule has 5 nitrogen and oxygen atoms in total. The molecule has 107 valence electrons. The molecule has 0 amide bonds. The zero-order valence-corrected chi connectivity index (χ0v) is 12.2. The summed E-state index contributed by atoms with van der Waals surface area (Å²) in [5, 5.41) is 0. The first kappa shape index (κ1) is 15.3. The van der Waals surface area contributed by atoms with E-state index in [0.29, 0.717) is 48.6 Å². The predicted octanol–water partition coefficient (Wildman–Crippen LogP) is 2.70. The first-order valence-corrected chi connectivity index (χ1v) is 6.32. The highest BCUT2D eigenvalue weighted by Crippen LogP contribution is 2.50. The molecule has 0 aliphatic rings. The third-order valence-electron chi connectivity index (χ3n) is 2.33. The Morgan fingerprint density at radius 3 is 1.37 bits per heavy atom. The van der Waals surface area contributed by atoms with E-state index in [1.165, 1.54) is 0 Å². The minimum atomic E-state index is 0.436. The van der Waals surface area contributed by atoms with Crippen LogP contribution in [-0.4, -0.2) is 34.0 Å². The Kier molecular flexibility index (Phi) is 6.12. The second-order valence-electron chi connectivity index (χ2n) is 3.48. The van der Waals surface area contributed by atoms with E-state index < -0.39 is 0 Å². The number of rotatable bonds is 8. The fourth-order valence-corrected chi connectivity index (χ4v) is 1.64. The fourth-order valence-electron chi connectivity index (χ4n) is 1.64. The van der Waals surface area contributed by atoms with Gasteiger partial charge in [0.2, 0.25) is 17.2 Å². The quantitative estimate of drug-likeness (QED) is 0.726. The summed E-state index contributed by atoms with van der Waals surface area (Å²) in [7, 11) is 3.09. The van der Waals surface area contributed by atoms with Crippen molar-refractivity contribution in [3.8, 4) is 28.7 Å². The van der Waals surface area contributed by atoms with Gasteiger partial charge in [0.05, 0.1) is 40.1 Å². The Morgan fingerprint density at radius 1 is 0.684 bits per heavy atom. The molecule has 0 atom stereocenters. The number of methoxy groups -OCH3 is 2. The smallest absolute Gasteiger partial charge is 0.211 e. The van der Waals surface area contributed by atoms with Gasteiger partial charge >= 0.3 is 0 Å². The molecule has 0 bridgehead atoms. The number of benzene rings is 1. The van der Waals surface area contributed by atoms with Gasteiger partial charge in [-0.1, -0.05) is 0 Å². The van der Waals surface area contributed by atoms with E-state index in [4.69, 9.17) is 23.7 Å². The molecule has 1 rings (SSSR count). The van der Waals surface area contributed by atoms with E-state index in [0.717, 1.165) is 0 Å². The van der Waals surface area contributed by atoms with Crippen LogP contribution in [0.2, 0.25) is 0 Å². The first-order valence-electron chi connectivity index (χ1n) is 6.32. The molecule has 0 saturated heterocycles. The molecule has 19 heavy (non-hydrogen) atoms. The monoisotopic (exact) mass is 269 g/mol. The first-order chi connectivity index (χ1) is 9.23. The van der Waals surface area contributed by atoms with Crippen LogP contribution in [0.1, 0.15) is 20.8 Å². The van der Waals surface area contributed by atoms with Crippen LogP contribution in [0.3, 0.4) is 0 Å². The van der Waals surface area contributed by atoms with Crippen molar-refractivity contribution in [2.75, 3.05) is 34.0 Å². The van der Waals surface area contributed by atoms with Gasteiger partial charge in [-0.2, -0.15) is 0 Å². The molecule has 1 radical (unpaired) electrons. The van der Waals surface area contributed by atoms with Crippen LogP contribution in [-0.2, 0) is 0 Å². The average molecular weight is 269 g/mol. The van der Waals surface area contributed by atoms with Crippen molar-refractivity contribution in [3.05, 3.63) is 6.07 Å². The lowest BCUT2D eigenvalue weighted by atomic mass is 10.2. The summed E-state index contributed by atoms with van der Waals surface area (Å²) in [5.74, 6) is 2.32. The molecule has 0 aliphatic heterocycles. The van der Waals surface area contributed by atoms with Crippen LogP contribution in [0.25, 0.3) is 0 Å². The molecule has 0 aliphatic carbocycles. The molecule has 1 aromatic carbocycles. The fraction of sp³-hybridized carbons (Fsp3) is 0.571. The number of hydrogen-bond donors (Lipinski definition) is 0. The molecule has 0 N–H and O–H groups in total.